The molecule has 0 N–H and O–H groups in total. The first-order valence-electron chi connectivity index (χ1n) is 2.54. The number of halogens is 4. The number of rotatable bonds is 0. The molecule has 0 saturated heterocycles. The fourth-order valence-electron chi connectivity index (χ4n) is 0.505. The third kappa shape index (κ3) is 1.63. The molecule has 0 unspecified atom stereocenters. The monoisotopic (exact) mass is 166 g/mol. The Balaban J connectivity index is 3.14. The summed E-state index contributed by atoms with van der Waals surface area (Å²) in [4.78, 5) is 5.79. The first-order chi connectivity index (χ1) is 5.02. The number of hydrogen-bond donors (Lipinski definition) is 0. The molecule has 1 aromatic heterocycles. The molecule has 0 atom stereocenters. The third-order valence-electron chi connectivity index (χ3n) is 0.969. The molecule has 0 saturated carbocycles. The van der Waals surface area contributed by atoms with Crippen LogP contribution >= 0.6 is 0 Å². The van der Waals surface area contributed by atoms with E-state index in [1.54, 1.807) is 0 Å². The van der Waals surface area contributed by atoms with Crippen LogP contribution in [-0.4, -0.2) is 9.97 Å². The largest absolute Gasteiger partial charge is 0.422 e. The summed E-state index contributed by atoms with van der Waals surface area (Å²) in [5, 5.41) is 0. The molecule has 60 valence electrons. The van der Waals surface area contributed by atoms with Gasteiger partial charge in [0.25, 0.3) is 0 Å². The van der Waals surface area contributed by atoms with E-state index in [0.717, 1.165) is 0 Å². The average Bonchev–Trinajstić information content (AvgIpc) is 1.86. The normalized spacial score (nSPS) is 11.6. The van der Waals surface area contributed by atoms with Gasteiger partial charge in [0.2, 0.25) is 5.95 Å². The van der Waals surface area contributed by atoms with Gasteiger partial charge in [-0.3, -0.25) is 0 Å². The van der Waals surface area contributed by atoms with Crippen LogP contribution in [0.2, 0.25) is 0 Å². The minimum atomic E-state index is -4.72. The first-order valence-corrected chi connectivity index (χ1v) is 2.54. The van der Waals surface area contributed by atoms with E-state index in [-0.39, 0.29) is 0 Å². The lowest BCUT2D eigenvalue weighted by atomic mass is 10.3. The lowest BCUT2D eigenvalue weighted by Crippen LogP contribution is -2.09. The third-order valence-corrected chi connectivity index (χ3v) is 0.969. The van der Waals surface area contributed by atoms with E-state index in [9.17, 15) is 17.6 Å². The number of hydrogen-bond acceptors (Lipinski definition) is 2. The lowest BCUT2D eigenvalue weighted by molar-refractivity contribution is -0.140. The number of aromatic nitrogens is 2. The Kier molecular flexibility index (Phi) is 1.76. The molecule has 1 rings (SSSR count). The molecule has 0 aliphatic rings. The predicted octanol–water partition coefficient (Wildman–Crippen LogP) is 1.63. The van der Waals surface area contributed by atoms with Crippen LogP contribution in [0, 0.1) is 5.95 Å². The summed E-state index contributed by atoms with van der Waals surface area (Å²) in [6.45, 7) is 0. The fourth-order valence-corrected chi connectivity index (χ4v) is 0.505. The minimum Gasteiger partial charge on any atom is -0.244 e. The van der Waals surface area contributed by atoms with Gasteiger partial charge in [-0.1, -0.05) is 0 Å². The Hall–Kier alpha value is -1.20. The highest BCUT2D eigenvalue weighted by Crippen LogP contribution is 2.29. The van der Waals surface area contributed by atoms with Crippen LogP contribution in [0.3, 0.4) is 0 Å². The van der Waals surface area contributed by atoms with Crippen LogP contribution in [0.5, 0.6) is 0 Å². The van der Waals surface area contributed by atoms with Gasteiger partial charge < -0.3 is 0 Å². The van der Waals surface area contributed by atoms with Crippen LogP contribution in [0.25, 0.3) is 0 Å². The van der Waals surface area contributed by atoms with Crippen LogP contribution in [0.15, 0.2) is 12.5 Å². The standard InChI is InChI=1S/C5H2F4N2/c6-4-3(5(7,8)9)1-10-2-11-4/h1-2H. The van der Waals surface area contributed by atoms with Gasteiger partial charge in [-0.2, -0.15) is 17.6 Å². The van der Waals surface area contributed by atoms with E-state index < -0.39 is 17.7 Å². The van der Waals surface area contributed by atoms with Gasteiger partial charge >= 0.3 is 6.18 Å². The van der Waals surface area contributed by atoms with Gasteiger partial charge in [0, 0.05) is 6.20 Å². The van der Waals surface area contributed by atoms with Crippen molar-refractivity contribution in [2.45, 2.75) is 6.18 Å². The fraction of sp³-hybridized carbons (Fsp3) is 0.200. The van der Waals surface area contributed by atoms with E-state index in [0.29, 0.717) is 12.5 Å². The quantitative estimate of drug-likeness (QED) is 0.432. The predicted molar refractivity (Wildman–Crippen MR) is 27.0 cm³/mol. The molecule has 0 spiro atoms. The lowest BCUT2D eigenvalue weighted by Gasteiger charge is -2.04. The van der Waals surface area contributed by atoms with E-state index >= 15 is 0 Å². The summed E-state index contributed by atoms with van der Waals surface area (Å²) in [5.41, 5.74) is -1.44. The summed E-state index contributed by atoms with van der Waals surface area (Å²) in [6, 6.07) is 0. The average molecular weight is 166 g/mol. The first kappa shape index (κ1) is 7.90. The molecule has 0 aliphatic heterocycles. The highest BCUT2D eigenvalue weighted by Gasteiger charge is 2.34. The van der Waals surface area contributed by atoms with Gasteiger partial charge in [0.05, 0.1) is 0 Å². The molecule has 6 heteroatoms. The second-order valence-electron chi connectivity index (χ2n) is 1.72. The van der Waals surface area contributed by atoms with E-state index in [2.05, 4.69) is 9.97 Å². The summed E-state index contributed by atoms with van der Waals surface area (Å²) < 4.78 is 47.4. The van der Waals surface area contributed by atoms with Gasteiger partial charge in [-0.25, -0.2) is 9.97 Å². The molecule has 0 fully saturated rings. The van der Waals surface area contributed by atoms with Crippen molar-refractivity contribution >= 4 is 0 Å². The van der Waals surface area contributed by atoms with E-state index in [1.807, 2.05) is 0 Å². The van der Waals surface area contributed by atoms with Crippen molar-refractivity contribution in [2.24, 2.45) is 0 Å². The van der Waals surface area contributed by atoms with Gasteiger partial charge in [0.1, 0.15) is 11.9 Å². The Labute approximate surface area is 58.9 Å². The molecule has 0 aromatic carbocycles. The molecular formula is C5H2F4N2. The zero-order valence-electron chi connectivity index (χ0n) is 5.06. The second-order valence-corrected chi connectivity index (χ2v) is 1.72. The smallest absolute Gasteiger partial charge is 0.244 e. The maximum absolute atomic E-state index is 12.2. The zero-order valence-corrected chi connectivity index (χ0v) is 5.06. The van der Waals surface area contributed by atoms with Gasteiger partial charge in [-0.05, 0) is 0 Å². The van der Waals surface area contributed by atoms with E-state index in [1.165, 1.54) is 0 Å². The zero-order chi connectivity index (χ0) is 8.48. The van der Waals surface area contributed by atoms with Crippen molar-refractivity contribution in [3.63, 3.8) is 0 Å². The molecule has 11 heavy (non-hydrogen) atoms. The molecule has 1 heterocycles. The molecule has 0 aliphatic carbocycles. The van der Waals surface area contributed by atoms with Crippen molar-refractivity contribution in [3.8, 4) is 0 Å². The van der Waals surface area contributed by atoms with Crippen molar-refractivity contribution in [1.29, 1.82) is 0 Å². The molecule has 2 nitrogen and oxygen atoms in total. The van der Waals surface area contributed by atoms with Crippen LogP contribution in [0.1, 0.15) is 5.56 Å². The Morgan fingerprint density at radius 1 is 1.27 bits per heavy atom. The Morgan fingerprint density at radius 3 is 2.27 bits per heavy atom. The summed E-state index contributed by atoms with van der Waals surface area (Å²) in [5.74, 6) is -1.55. The summed E-state index contributed by atoms with van der Waals surface area (Å²) in [6.07, 6.45) is -3.61. The van der Waals surface area contributed by atoms with E-state index in [4.69, 9.17) is 0 Å². The summed E-state index contributed by atoms with van der Waals surface area (Å²) >= 11 is 0. The second kappa shape index (κ2) is 2.44. The van der Waals surface area contributed by atoms with Crippen molar-refractivity contribution in [2.75, 3.05) is 0 Å². The van der Waals surface area contributed by atoms with Gasteiger partial charge in [-0.15, -0.1) is 0 Å². The maximum Gasteiger partial charge on any atom is 0.422 e. The SMILES string of the molecule is Fc1ncncc1C(F)(F)F. The van der Waals surface area contributed by atoms with Crippen LogP contribution in [0.4, 0.5) is 17.6 Å². The highest BCUT2D eigenvalue weighted by molar-refractivity contribution is 5.09. The Bertz CT molecular complexity index is 257. The van der Waals surface area contributed by atoms with Gasteiger partial charge in [0.15, 0.2) is 0 Å². The highest BCUT2D eigenvalue weighted by atomic mass is 19.4. The number of alkyl halides is 3. The van der Waals surface area contributed by atoms with Crippen molar-refractivity contribution in [3.05, 3.63) is 24.0 Å². The van der Waals surface area contributed by atoms with Crippen LogP contribution in [-0.2, 0) is 6.18 Å². The van der Waals surface area contributed by atoms with Crippen molar-refractivity contribution in [1.82, 2.24) is 9.97 Å². The van der Waals surface area contributed by atoms with Crippen molar-refractivity contribution < 1.29 is 17.6 Å². The minimum absolute atomic E-state index is 0.391. The topological polar surface area (TPSA) is 25.8 Å². The van der Waals surface area contributed by atoms with Crippen LogP contribution < -0.4 is 0 Å². The number of nitrogens with zero attached hydrogens (tertiary/aromatic N) is 2. The Morgan fingerprint density at radius 2 is 1.91 bits per heavy atom. The molecule has 0 bridgehead atoms. The maximum atomic E-state index is 12.2. The molecule has 1 aromatic rings. The molecule has 0 amide bonds. The summed E-state index contributed by atoms with van der Waals surface area (Å²) in [7, 11) is 0. The molecular weight excluding hydrogens is 164 g/mol. The molecule has 0 radical (unpaired) electrons.